The molecule has 1 N–H and O–H groups in total. The molecular formula is C16H24N2O4. The van der Waals surface area contributed by atoms with Gasteiger partial charge in [-0.3, -0.25) is 9.69 Å². The Labute approximate surface area is 130 Å². The van der Waals surface area contributed by atoms with Gasteiger partial charge in [-0.2, -0.15) is 0 Å². The van der Waals surface area contributed by atoms with Crippen molar-refractivity contribution in [3.8, 4) is 0 Å². The van der Waals surface area contributed by atoms with Crippen molar-refractivity contribution in [3.63, 3.8) is 0 Å². The highest BCUT2D eigenvalue weighted by Crippen LogP contribution is 2.22. The molecule has 0 bridgehead atoms. The lowest BCUT2D eigenvalue weighted by Gasteiger charge is -2.37. The van der Waals surface area contributed by atoms with Crippen LogP contribution in [-0.2, 0) is 9.47 Å². The van der Waals surface area contributed by atoms with Gasteiger partial charge in [0.25, 0.3) is 5.91 Å². The van der Waals surface area contributed by atoms with Gasteiger partial charge in [0.2, 0.25) is 0 Å². The maximum Gasteiger partial charge on any atom is 0.287 e. The van der Waals surface area contributed by atoms with Gasteiger partial charge in [0.05, 0.1) is 26.1 Å². The molecule has 2 atom stereocenters. The van der Waals surface area contributed by atoms with Crippen molar-refractivity contribution in [1.82, 2.24) is 10.2 Å². The van der Waals surface area contributed by atoms with E-state index in [-0.39, 0.29) is 5.91 Å². The Balaban J connectivity index is 1.62. The van der Waals surface area contributed by atoms with Gasteiger partial charge in [0.1, 0.15) is 0 Å². The summed E-state index contributed by atoms with van der Waals surface area (Å²) in [6, 6.07) is 2.10. The predicted octanol–water partition coefficient (Wildman–Crippen LogP) is 1.06. The Morgan fingerprint density at radius 3 is 2.82 bits per heavy atom. The second-order valence-electron chi connectivity index (χ2n) is 5.98. The van der Waals surface area contributed by atoms with Gasteiger partial charge in [-0.1, -0.05) is 0 Å². The molecule has 6 nitrogen and oxygen atoms in total. The summed E-state index contributed by atoms with van der Waals surface area (Å²) in [5.74, 6) is 0.735. The number of furan rings is 1. The van der Waals surface area contributed by atoms with Crippen LogP contribution in [0.15, 0.2) is 16.7 Å². The fourth-order valence-corrected chi connectivity index (χ4v) is 3.24. The van der Waals surface area contributed by atoms with E-state index in [0.717, 1.165) is 51.5 Å². The molecule has 0 radical (unpaired) electrons. The number of ether oxygens (including phenoxy) is 2. The van der Waals surface area contributed by atoms with Crippen molar-refractivity contribution >= 4 is 5.91 Å². The average Bonchev–Trinajstić information content (AvgIpc) is 3.20. The van der Waals surface area contributed by atoms with Gasteiger partial charge in [0.15, 0.2) is 5.76 Å². The van der Waals surface area contributed by atoms with E-state index in [0.29, 0.717) is 24.3 Å². The molecule has 0 saturated carbocycles. The fraction of sp³-hybridized carbons (Fsp3) is 0.688. The van der Waals surface area contributed by atoms with Crippen molar-refractivity contribution in [2.75, 3.05) is 46.1 Å². The molecule has 2 saturated heterocycles. The molecular weight excluding hydrogens is 284 g/mol. The van der Waals surface area contributed by atoms with E-state index in [1.807, 2.05) is 6.92 Å². The Kier molecular flexibility index (Phi) is 5.12. The first-order valence-corrected chi connectivity index (χ1v) is 7.97. The van der Waals surface area contributed by atoms with Crippen LogP contribution in [0.1, 0.15) is 22.5 Å². The van der Waals surface area contributed by atoms with Gasteiger partial charge in [0, 0.05) is 43.8 Å². The minimum absolute atomic E-state index is 0.139. The Hall–Kier alpha value is -1.37. The van der Waals surface area contributed by atoms with E-state index >= 15 is 0 Å². The number of hydrogen-bond acceptors (Lipinski definition) is 5. The molecule has 1 aromatic rings. The van der Waals surface area contributed by atoms with Gasteiger partial charge in [-0.15, -0.1) is 0 Å². The van der Waals surface area contributed by atoms with Crippen LogP contribution in [0.3, 0.4) is 0 Å². The van der Waals surface area contributed by atoms with E-state index in [4.69, 9.17) is 13.9 Å². The summed E-state index contributed by atoms with van der Waals surface area (Å²) in [5.41, 5.74) is 0.865. The van der Waals surface area contributed by atoms with Crippen molar-refractivity contribution < 1.29 is 18.7 Å². The second-order valence-corrected chi connectivity index (χ2v) is 5.98. The molecule has 0 aliphatic carbocycles. The topological polar surface area (TPSA) is 63.9 Å². The molecule has 0 unspecified atom stereocenters. The Morgan fingerprint density at radius 1 is 1.36 bits per heavy atom. The van der Waals surface area contributed by atoms with Crippen molar-refractivity contribution in [1.29, 1.82) is 0 Å². The first-order chi connectivity index (χ1) is 10.8. The van der Waals surface area contributed by atoms with Crippen LogP contribution in [0, 0.1) is 12.8 Å². The number of amides is 1. The summed E-state index contributed by atoms with van der Waals surface area (Å²) < 4.78 is 16.2. The first-order valence-electron chi connectivity index (χ1n) is 7.97. The molecule has 0 spiro atoms. The summed E-state index contributed by atoms with van der Waals surface area (Å²) in [5, 5.41) is 3.03. The van der Waals surface area contributed by atoms with Crippen LogP contribution in [0.25, 0.3) is 0 Å². The van der Waals surface area contributed by atoms with Gasteiger partial charge >= 0.3 is 0 Å². The normalized spacial score (nSPS) is 24.3. The van der Waals surface area contributed by atoms with E-state index < -0.39 is 0 Å². The molecule has 2 aliphatic heterocycles. The van der Waals surface area contributed by atoms with E-state index in [1.54, 1.807) is 12.3 Å². The van der Waals surface area contributed by atoms with Crippen LogP contribution >= 0.6 is 0 Å². The van der Waals surface area contributed by atoms with Crippen molar-refractivity contribution in [2.45, 2.75) is 19.4 Å². The number of nitrogens with zero attached hydrogens (tertiary/aromatic N) is 1. The lowest BCUT2D eigenvalue weighted by molar-refractivity contribution is 0.00160. The zero-order valence-corrected chi connectivity index (χ0v) is 13.0. The summed E-state index contributed by atoms with van der Waals surface area (Å²) >= 11 is 0. The molecule has 6 heteroatoms. The molecule has 2 fully saturated rings. The minimum Gasteiger partial charge on any atom is -0.459 e. The number of nitrogens with one attached hydrogen (secondary N) is 1. The lowest BCUT2D eigenvalue weighted by atomic mass is 9.97. The first kappa shape index (κ1) is 15.5. The molecule has 3 heterocycles. The summed E-state index contributed by atoms with van der Waals surface area (Å²) in [6.45, 7) is 7.43. The van der Waals surface area contributed by atoms with Crippen LogP contribution in [-0.4, -0.2) is 62.9 Å². The molecule has 1 amide bonds. The zero-order chi connectivity index (χ0) is 15.4. The standard InChI is InChI=1S/C16H24N2O4/c1-12-2-7-22-15(12)16(19)17-10-14(13-3-6-21-11-13)18-4-8-20-9-5-18/h2,7,13-14H,3-6,8-11H2,1H3,(H,17,19)/t13-,14+/m1/s1. The third-order valence-corrected chi connectivity index (χ3v) is 4.56. The van der Waals surface area contributed by atoms with Gasteiger partial charge in [-0.25, -0.2) is 0 Å². The van der Waals surface area contributed by atoms with Crippen LogP contribution in [0.4, 0.5) is 0 Å². The maximum absolute atomic E-state index is 12.2. The number of carbonyl (C=O) groups excluding carboxylic acids is 1. The largest absolute Gasteiger partial charge is 0.459 e. The summed E-state index contributed by atoms with van der Waals surface area (Å²) in [4.78, 5) is 14.7. The molecule has 2 aliphatic rings. The quantitative estimate of drug-likeness (QED) is 0.881. The number of carbonyl (C=O) groups is 1. The number of rotatable bonds is 5. The second kappa shape index (κ2) is 7.26. The van der Waals surface area contributed by atoms with Crippen LogP contribution in [0.2, 0.25) is 0 Å². The number of aryl methyl sites for hydroxylation is 1. The zero-order valence-electron chi connectivity index (χ0n) is 13.0. The molecule has 3 rings (SSSR count). The third-order valence-electron chi connectivity index (χ3n) is 4.56. The highest BCUT2D eigenvalue weighted by atomic mass is 16.5. The Morgan fingerprint density at radius 2 is 2.18 bits per heavy atom. The lowest BCUT2D eigenvalue weighted by Crippen LogP contribution is -2.52. The van der Waals surface area contributed by atoms with Gasteiger partial charge in [-0.05, 0) is 19.4 Å². The highest BCUT2D eigenvalue weighted by molar-refractivity contribution is 5.92. The summed E-state index contributed by atoms with van der Waals surface area (Å²) in [7, 11) is 0. The molecule has 0 aromatic carbocycles. The van der Waals surface area contributed by atoms with E-state index in [2.05, 4.69) is 10.2 Å². The summed E-state index contributed by atoms with van der Waals surface area (Å²) in [6.07, 6.45) is 2.60. The van der Waals surface area contributed by atoms with Crippen LogP contribution < -0.4 is 5.32 Å². The monoisotopic (exact) mass is 308 g/mol. The predicted molar refractivity (Wildman–Crippen MR) is 80.9 cm³/mol. The van der Waals surface area contributed by atoms with Crippen molar-refractivity contribution in [3.05, 3.63) is 23.7 Å². The average molecular weight is 308 g/mol. The van der Waals surface area contributed by atoms with E-state index in [9.17, 15) is 4.79 Å². The highest BCUT2D eigenvalue weighted by Gasteiger charge is 2.32. The maximum atomic E-state index is 12.2. The van der Waals surface area contributed by atoms with Crippen molar-refractivity contribution in [2.24, 2.45) is 5.92 Å². The number of hydrogen-bond donors (Lipinski definition) is 1. The smallest absolute Gasteiger partial charge is 0.287 e. The SMILES string of the molecule is Cc1ccoc1C(=O)NC[C@@H]([C@@H]1CCOC1)N1CCOCC1. The van der Waals surface area contributed by atoms with Crippen LogP contribution in [0.5, 0.6) is 0 Å². The van der Waals surface area contributed by atoms with Gasteiger partial charge < -0.3 is 19.2 Å². The molecule has 1 aromatic heterocycles. The molecule has 122 valence electrons. The Bertz CT molecular complexity index is 490. The number of morpholine rings is 1. The minimum atomic E-state index is -0.139. The fourth-order valence-electron chi connectivity index (χ4n) is 3.24. The molecule has 22 heavy (non-hydrogen) atoms. The third kappa shape index (κ3) is 3.51. The van der Waals surface area contributed by atoms with E-state index in [1.165, 1.54) is 0 Å².